The van der Waals surface area contributed by atoms with Crippen LogP contribution in [-0.2, 0) is 9.53 Å². The summed E-state index contributed by atoms with van der Waals surface area (Å²) in [5.74, 6) is -0.225. The number of carbonyl (C=O) groups is 1. The van der Waals surface area contributed by atoms with Crippen molar-refractivity contribution >= 4 is 25.4 Å². The summed E-state index contributed by atoms with van der Waals surface area (Å²) in [5, 5.41) is 10.5. The van der Waals surface area contributed by atoms with Gasteiger partial charge in [0.1, 0.15) is 0 Å². The topological polar surface area (TPSA) is 46.5 Å². The van der Waals surface area contributed by atoms with E-state index in [1.165, 1.54) is 11.4 Å². The van der Waals surface area contributed by atoms with Gasteiger partial charge in [-0.25, -0.2) is 0 Å². The number of benzene rings is 1. The Morgan fingerprint density at radius 3 is 2.74 bits per heavy atom. The van der Waals surface area contributed by atoms with Crippen molar-refractivity contribution in [1.29, 1.82) is 0 Å². The third-order valence-electron chi connectivity index (χ3n) is 3.50. The van der Waals surface area contributed by atoms with Crippen LogP contribution in [0.5, 0.6) is 0 Å². The van der Waals surface area contributed by atoms with Gasteiger partial charge in [-0.2, -0.15) is 0 Å². The van der Waals surface area contributed by atoms with Crippen LogP contribution in [0.15, 0.2) is 30.3 Å². The normalized spacial score (nSPS) is 30.9. The summed E-state index contributed by atoms with van der Waals surface area (Å²) >= 11 is 0.198. The molecular formula is C15H20O3Se. The molecule has 0 amide bonds. The number of ether oxygens (including phenoxy) is 1. The number of rotatable bonds is 3. The van der Waals surface area contributed by atoms with Crippen molar-refractivity contribution in [2.45, 2.75) is 49.6 Å². The van der Waals surface area contributed by atoms with Crippen molar-refractivity contribution in [3.8, 4) is 0 Å². The SMILES string of the molecule is CC(=O)O[C@@H]1CC[C@](C)(O)[C@@H]([Se]c2ccccc2)C1. The second-order valence-corrected chi connectivity index (χ2v) is 7.96. The van der Waals surface area contributed by atoms with Crippen LogP contribution < -0.4 is 4.46 Å². The summed E-state index contributed by atoms with van der Waals surface area (Å²) in [6.07, 6.45) is 2.19. The minimum absolute atomic E-state index is 0.0340. The van der Waals surface area contributed by atoms with Crippen LogP contribution in [0, 0.1) is 0 Å². The molecule has 1 aromatic carbocycles. The molecule has 1 aliphatic carbocycles. The quantitative estimate of drug-likeness (QED) is 0.679. The first-order valence-electron chi connectivity index (χ1n) is 6.59. The molecule has 104 valence electrons. The van der Waals surface area contributed by atoms with Gasteiger partial charge in [0.25, 0.3) is 0 Å². The van der Waals surface area contributed by atoms with Gasteiger partial charge in [0.2, 0.25) is 0 Å². The second kappa shape index (κ2) is 6.08. The maximum atomic E-state index is 11.1. The maximum absolute atomic E-state index is 11.1. The van der Waals surface area contributed by atoms with Gasteiger partial charge in [-0.3, -0.25) is 0 Å². The predicted octanol–water partition coefficient (Wildman–Crippen LogP) is 1.67. The minimum atomic E-state index is -0.646. The number of esters is 1. The summed E-state index contributed by atoms with van der Waals surface area (Å²) in [7, 11) is 0. The fourth-order valence-electron chi connectivity index (χ4n) is 2.40. The first-order chi connectivity index (χ1) is 8.97. The van der Waals surface area contributed by atoms with E-state index in [0.29, 0.717) is 6.42 Å². The Balaban J connectivity index is 2.04. The molecule has 19 heavy (non-hydrogen) atoms. The van der Waals surface area contributed by atoms with E-state index in [0.717, 1.165) is 12.8 Å². The summed E-state index contributed by atoms with van der Waals surface area (Å²) in [6.45, 7) is 3.36. The standard InChI is InChI=1S/C15H20O3Se/c1-11(16)18-12-8-9-15(2,17)14(10-12)19-13-6-4-3-5-7-13/h3-7,12,14,17H,8-10H2,1-2H3/t12-,14+,15+/m1/s1. The van der Waals surface area contributed by atoms with Crippen molar-refractivity contribution in [1.82, 2.24) is 0 Å². The van der Waals surface area contributed by atoms with E-state index in [4.69, 9.17) is 4.74 Å². The van der Waals surface area contributed by atoms with Crippen LogP contribution in [0.2, 0.25) is 4.82 Å². The number of carbonyl (C=O) groups excluding carboxylic acids is 1. The zero-order valence-electron chi connectivity index (χ0n) is 11.3. The predicted molar refractivity (Wildman–Crippen MR) is 75.6 cm³/mol. The third-order valence-corrected chi connectivity index (χ3v) is 6.71. The molecule has 1 aromatic rings. The van der Waals surface area contributed by atoms with Gasteiger partial charge in [0.05, 0.1) is 0 Å². The molecule has 0 saturated heterocycles. The summed E-state index contributed by atoms with van der Waals surface area (Å²) < 4.78 is 6.59. The molecule has 3 atom stereocenters. The van der Waals surface area contributed by atoms with Crippen LogP contribution in [0.4, 0.5) is 0 Å². The Morgan fingerprint density at radius 1 is 1.42 bits per heavy atom. The van der Waals surface area contributed by atoms with Gasteiger partial charge in [-0.15, -0.1) is 0 Å². The molecule has 0 radical (unpaired) electrons. The van der Waals surface area contributed by atoms with Gasteiger partial charge < -0.3 is 0 Å². The first-order valence-corrected chi connectivity index (χ1v) is 8.43. The average molecular weight is 327 g/mol. The molecule has 0 spiro atoms. The molecule has 0 unspecified atom stereocenters. The fourth-order valence-corrected chi connectivity index (χ4v) is 5.19. The monoisotopic (exact) mass is 328 g/mol. The Kier molecular flexibility index (Phi) is 4.67. The molecule has 1 aliphatic rings. The van der Waals surface area contributed by atoms with Crippen LogP contribution in [-0.4, -0.2) is 37.7 Å². The number of hydrogen-bond donors (Lipinski definition) is 1. The van der Waals surface area contributed by atoms with Gasteiger partial charge in [0.15, 0.2) is 0 Å². The Morgan fingerprint density at radius 2 is 2.11 bits per heavy atom. The molecular weight excluding hydrogens is 307 g/mol. The van der Waals surface area contributed by atoms with Crippen molar-refractivity contribution < 1.29 is 14.6 Å². The molecule has 1 saturated carbocycles. The van der Waals surface area contributed by atoms with Gasteiger partial charge in [0, 0.05) is 0 Å². The summed E-state index contributed by atoms with van der Waals surface area (Å²) in [5.41, 5.74) is -0.646. The molecule has 2 rings (SSSR count). The summed E-state index contributed by atoms with van der Waals surface area (Å²) in [6, 6.07) is 10.3. The molecule has 4 heteroatoms. The molecule has 3 nitrogen and oxygen atoms in total. The van der Waals surface area contributed by atoms with E-state index in [1.807, 2.05) is 25.1 Å². The molecule has 1 fully saturated rings. The second-order valence-electron chi connectivity index (χ2n) is 5.28. The average Bonchev–Trinajstić information content (AvgIpc) is 2.34. The zero-order valence-corrected chi connectivity index (χ0v) is 13.0. The van der Waals surface area contributed by atoms with Crippen LogP contribution in [0.3, 0.4) is 0 Å². The molecule has 0 aliphatic heterocycles. The summed E-state index contributed by atoms with van der Waals surface area (Å²) in [4.78, 5) is 11.3. The van der Waals surface area contributed by atoms with Crippen molar-refractivity contribution in [3.05, 3.63) is 30.3 Å². The van der Waals surface area contributed by atoms with Crippen molar-refractivity contribution in [3.63, 3.8) is 0 Å². The third kappa shape index (κ3) is 4.07. The Bertz CT molecular complexity index is 430. The first kappa shape index (κ1) is 14.6. The fraction of sp³-hybridized carbons (Fsp3) is 0.533. The van der Waals surface area contributed by atoms with Crippen LogP contribution in [0.25, 0.3) is 0 Å². The Hall–Kier alpha value is -0.831. The van der Waals surface area contributed by atoms with E-state index in [2.05, 4.69) is 12.1 Å². The van der Waals surface area contributed by atoms with Crippen LogP contribution in [0.1, 0.15) is 33.1 Å². The number of hydrogen-bond acceptors (Lipinski definition) is 3. The zero-order chi connectivity index (χ0) is 13.9. The molecule has 0 bridgehead atoms. The van der Waals surface area contributed by atoms with E-state index in [9.17, 15) is 9.90 Å². The van der Waals surface area contributed by atoms with Crippen LogP contribution >= 0.6 is 0 Å². The molecule has 0 heterocycles. The van der Waals surface area contributed by atoms with E-state index in [1.54, 1.807) is 0 Å². The van der Waals surface area contributed by atoms with Crippen molar-refractivity contribution in [2.75, 3.05) is 0 Å². The van der Waals surface area contributed by atoms with Gasteiger partial charge in [-0.05, 0) is 0 Å². The molecule has 0 aromatic heterocycles. The number of aliphatic hydroxyl groups is 1. The molecule has 1 N–H and O–H groups in total. The van der Waals surface area contributed by atoms with Gasteiger partial charge >= 0.3 is 120 Å². The van der Waals surface area contributed by atoms with E-state index >= 15 is 0 Å². The Labute approximate surface area is 120 Å². The van der Waals surface area contributed by atoms with E-state index in [-0.39, 0.29) is 31.8 Å². The van der Waals surface area contributed by atoms with E-state index < -0.39 is 5.60 Å². The van der Waals surface area contributed by atoms with Gasteiger partial charge in [-0.1, -0.05) is 0 Å². The van der Waals surface area contributed by atoms with Crippen molar-refractivity contribution in [2.24, 2.45) is 0 Å².